The van der Waals surface area contributed by atoms with Gasteiger partial charge in [0, 0.05) is 18.3 Å². The van der Waals surface area contributed by atoms with E-state index >= 15 is 0 Å². The van der Waals surface area contributed by atoms with Crippen LogP contribution in [0.3, 0.4) is 0 Å². The molecule has 5 nitrogen and oxygen atoms in total. The van der Waals surface area contributed by atoms with Gasteiger partial charge in [0.05, 0.1) is 20.1 Å². The predicted octanol–water partition coefficient (Wildman–Crippen LogP) is 1.04. The number of carbonyl (C=O) groups is 1. The van der Waals surface area contributed by atoms with Gasteiger partial charge in [0.2, 0.25) is 5.88 Å². The lowest BCUT2D eigenvalue weighted by Crippen LogP contribution is -2.17. The van der Waals surface area contributed by atoms with E-state index in [1.165, 1.54) is 0 Å². The molecule has 1 heterocycles. The zero-order valence-electron chi connectivity index (χ0n) is 9.47. The van der Waals surface area contributed by atoms with E-state index in [4.69, 9.17) is 15.2 Å². The lowest BCUT2D eigenvalue weighted by molar-refractivity contribution is -0.143. The Kier molecular flexibility index (Phi) is 4.72. The van der Waals surface area contributed by atoms with Crippen molar-refractivity contribution in [2.45, 2.75) is 19.4 Å². The number of hydrogen-bond acceptors (Lipinski definition) is 5. The highest BCUT2D eigenvalue weighted by Crippen LogP contribution is 2.15. The number of esters is 1. The zero-order chi connectivity index (χ0) is 12.0. The van der Waals surface area contributed by atoms with Gasteiger partial charge in [-0.1, -0.05) is 6.07 Å². The highest BCUT2D eigenvalue weighted by Gasteiger charge is 2.12. The lowest BCUT2D eigenvalue weighted by Gasteiger charge is -2.10. The van der Waals surface area contributed by atoms with Gasteiger partial charge in [-0.25, -0.2) is 4.98 Å². The summed E-state index contributed by atoms with van der Waals surface area (Å²) in [5.74, 6) is 0.220. The highest BCUT2D eigenvalue weighted by atomic mass is 16.5. The largest absolute Gasteiger partial charge is 0.481 e. The molecule has 0 saturated heterocycles. The van der Waals surface area contributed by atoms with Gasteiger partial charge in [0.1, 0.15) is 0 Å². The molecule has 0 radical (unpaired) electrons. The maximum Gasteiger partial charge on any atom is 0.307 e. The van der Waals surface area contributed by atoms with Crippen LogP contribution in [0, 0.1) is 0 Å². The molecule has 1 aromatic heterocycles. The molecular weight excluding hydrogens is 208 g/mol. The van der Waals surface area contributed by atoms with Crippen molar-refractivity contribution in [1.82, 2.24) is 4.98 Å². The Morgan fingerprint density at radius 1 is 1.56 bits per heavy atom. The second-order valence-electron chi connectivity index (χ2n) is 3.25. The summed E-state index contributed by atoms with van der Waals surface area (Å²) in [5, 5.41) is 0. The Morgan fingerprint density at radius 3 is 2.81 bits per heavy atom. The van der Waals surface area contributed by atoms with E-state index in [1.54, 1.807) is 32.4 Å². The second kappa shape index (κ2) is 6.07. The van der Waals surface area contributed by atoms with Gasteiger partial charge in [0.15, 0.2) is 0 Å². The van der Waals surface area contributed by atoms with Crippen molar-refractivity contribution in [3.05, 3.63) is 23.9 Å². The Labute approximate surface area is 94.6 Å². The van der Waals surface area contributed by atoms with Crippen LogP contribution in [0.1, 0.15) is 24.9 Å². The normalized spacial score (nSPS) is 11.9. The molecule has 1 atom stereocenters. The fraction of sp³-hybridized carbons (Fsp3) is 0.455. The third kappa shape index (κ3) is 3.51. The van der Waals surface area contributed by atoms with Crippen molar-refractivity contribution in [2.24, 2.45) is 5.73 Å². The number of methoxy groups -OCH3 is 1. The van der Waals surface area contributed by atoms with E-state index in [9.17, 15) is 4.79 Å². The molecule has 0 aliphatic carbocycles. The van der Waals surface area contributed by atoms with Crippen molar-refractivity contribution in [3.63, 3.8) is 0 Å². The molecule has 0 saturated carbocycles. The number of rotatable bonds is 5. The predicted molar refractivity (Wildman–Crippen MR) is 59.0 cm³/mol. The second-order valence-corrected chi connectivity index (χ2v) is 3.25. The summed E-state index contributed by atoms with van der Waals surface area (Å²) in [6.45, 7) is 2.13. The minimum Gasteiger partial charge on any atom is -0.481 e. The average Bonchev–Trinajstić information content (AvgIpc) is 2.29. The van der Waals surface area contributed by atoms with Gasteiger partial charge in [-0.15, -0.1) is 0 Å². The molecule has 0 bridgehead atoms. The van der Waals surface area contributed by atoms with Crippen LogP contribution in [0.25, 0.3) is 0 Å². The standard InChI is InChI=1S/C11H16N2O3/c1-3-16-11(14)6-9(12)8-4-5-10(15-2)13-7-8/h4-5,7,9H,3,6,12H2,1-2H3/t9-/m0/s1. The van der Waals surface area contributed by atoms with Crippen LogP contribution in [0.5, 0.6) is 5.88 Å². The van der Waals surface area contributed by atoms with Crippen molar-refractivity contribution < 1.29 is 14.3 Å². The summed E-state index contributed by atoms with van der Waals surface area (Å²) in [5.41, 5.74) is 6.62. The Morgan fingerprint density at radius 2 is 2.31 bits per heavy atom. The van der Waals surface area contributed by atoms with Gasteiger partial charge < -0.3 is 15.2 Å². The average molecular weight is 224 g/mol. The van der Waals surface area contributed by atoms with Gasteiger partial charge in [-0.05, 0) is 12.5 Å². The quantitative estimate of drug-likeness (QED) is 0.756. The van der Waals surface area contributed by atoms with Crippen molar-refractivity contribution in [2.75, 3.05) is 13.7 Å². The molecule has 0 aromatic carbocycles. The van der Waals surface area contributed by atoms with E-state index in [2.05, 4.69) is 4.98 Å². The van der Waals surface area contributed by atoms with Gasteiger partial charge in [-0.3, -0.25) is 4.79 Å². The van der Waals surface area contributed by atoms with E-state index in [-0.39, 0.29) is 12.4 Å². The smallest absolute Gasteiger partial charge is 0.307 e. The summed E-state index contributed by atoms with van der Waals surface area (Å²) in [4.78, 5) is 15.2. The van der Waals surface area contributed by atoms with Crippen LogP contribution in [-0.2, 0) is 9.53 Å². The monoisotopic (exact) mass is 224 g/mol. The Balaban J connectivity index is 2.58. The van der Waals surface area contributed by atoms with Gasteiger partial charge in [0.25, 0.3) is 0 Å². The maximum atomic E-state index is 11.2. The maximum absolute atomic E-state index is 11.2. The number of carbonyl (C=O) groups excluding carboxylic acids is 1. The molecule has 0 amide bonds. The molecule has 0 aliphatic heterocycles. The van der Waals surface area contributed by atoms with E-state index in [0.29, 0.717) is 12.5 Å². The topological polar surface area (TPSA) is 74.4 Å². The van der Waals surface area contributed by atoms with E-state index in [0.717, 1.165) is 5.56 Å². The molecule has 5 heteroatoms. The van der Waals surface area contributed by atoms with Crippen LogP contribution < -0.4 is 10.5 Å². The number of nitrogens with two attached hydrogens (primary N) is 1. The third-order valence-electron chi connectivity index (χ3n) is 2.09. The summed E-state index contributed by atoms with van der Waals surface area (Å²) in [6.07, 6.45) is 1.75. The molecule has 88 valence electrons. The first-order valence-electron chi connectivity index (χ1n) is 5.08. The van der Waals surface area contributed by atoms with Crippen LogP contribution in [-0.4, -0.2) is 24.7 Å². The molecule has 0 unspecified atom stereocenters. The number of ether oxygens (including phenoxy) is 2. The molecule has 1 aromatic rings. The summed E-state index contributed by atoms with van der Waals surface area (Å²) < 4.78 is 9.74. The third-order valence-corrected chi connectivity index (χ3v) is 2.09. The van der Waals surface area contributed by atoms with Crippen molar-refractivity contribution >= 4 is 5.97 Å². The summed E-state index contributed by atoms with van der Waals surface area (Å²) in [6, 6.07) is 3.10. The van der Waals surface area contributed by atoms with E-state index in [1.807, 2.05) is 0 Å². The highest BCUT2D eigenvalue weighted by molar-refractivity contribution is 5.70. The number of pyridine rings is 1. The summed E-state index contributed by atoms with van der Waals surface area (Å²) in [7, 11) is 1.54. The molecule has 2 N–H and O–H groups in total. The molecule has 16 heavy (non-hydrogen) atoms. The molecular formula is C11H16N2O3. The van der Waals surface area contributed by atoms with Gasteiger partial charge in [-0.2, -0.15) is 0 Å². The first-order valence-corrected chi connectivity index (χ1v) is 5.08. The molecule has 0 spiro atoms. The lowest BCUT2D eigenvalue weighted by atomic mass is 10.1. The fourth-order valence-corrected chi connectivity index (χ4v) is 1.25. The van der Waals surface area contributed by atoms with Crippen molar-refractivity contribution in [3.8, 4) is 5.88 Å². The Hall–Kier alpha value is -1.62. The Bertz CT molecular complexity index is 338. The number of hydrogen-bond donors (Lipinski definition) is 1. The molecule has 1 rings (SSSR count). The number of nitrogens with zero attached hydrogens (tertiary/aromatic N) is 1. The molecule has 0 aliphatic rings. The first-order chi connectivity index (χ1) is 7.67. The first kappa shape index (κ1) is 12.4. The van der Waals surface area contributed by atoms with Crippen LogP contribution in [0.15, 0.2) is 18.3 Å². The fourth-order valence-electron chi connectivity index (χ4n) is 1.25. The van der Waals surface area contributed by atoms with Gasteiger partial charge >= 0.3 is 5.97 Å². The SMILES string of the molecule is CCOC(=O)C[C@H](N)c1ccc(OC)nc1. The van der Waals surface area contributed by atoms with E-state index < -0.39 is 6.04 Å². The van der Waals surface area contributed by atoms with Crippen LogP contribution in [0.4, 0.5) is 0 Å². The van der Waals surface area contributed by atoms with Crippen LogP contribution >= 0.6 is 0 Å². The summed E-state index contributed by atoms with van der Waals surface area (Å²) >= 11 is 0. The minimum absolute atomic E-state index is 0.155. The van der Waals surface area contributed by atoms with Crippen molar-refractivity contribution in [1.29, 1.82) is 0 Å². The van der Waals surface area contributed by atoms with Crippen LogP contribution in [0.2, 0.25) is 0 Å². The molecule has 0 fully saturated rings. The zero-order valence-corrected chi connectivity index (χ0v) is 9.47. The number of aromatic nitrogens is 1. The minimum atomic E-state index is -0.391.